The van der Waals surface area contributed by atoms with Crippen LogP contribution >= 0.6 is 0 Å². The zero-order valence-corrected chi connectivity index (χ0v) is 20.3. The van der Waals surface area contributed by atoms with Gasteiger partial charge in [-0.25, -0.2) is 17.1 Å². The molecule has 1 aliphatic heterocycles. The van der Waals surface area contributed by atoms with Crippen LogP contribution in [0.25, 0.3) is 0 Å². The van der Waals surface area contributed by atoms with Gasteiger partial charge in [0.25, 0.3) is 5.91 Å². The quantitative estimate of drug-likeness (QED) is 0.594. The van der Waals surface area contributed by atoms with E-state index >= 15 is 0 Å². The Bertz CT molecular complexity index is 1150. The molecule has 1 fully saturated rings. The van der Waals surface area contributed by atoms with Crippen molar-refractivity contribution in [1.29, 1.82) is 0 Å². The van der Waals surface area contributed by atoms with Crippen LogP contribution in [-0.4, -0.2) is 88.3 Å². The highest BCUT2D eigenvalue weighted by Crippen LogP contribution is 2.19. The lowest BCUT2D eigenvalue weighted by Gasteiger charge is -2.34. The number of hydrogen-bond donors (Lipinski definition) is 1. The number of benzene rings is 2. The van der Waals surface area contributed by atoms with Crippen molar-refractivity contribution in [3.05, 3.63) is 59.4 Å². The molecule has 0 unspecified atom stereocenters. The third-order valence-electron chi connectivity index (χ3n) is 5.62. The van der Waals surface area contributed by atoms with Crippen LogP contribution in [0.1, 0.15) is 15.9 Å². The number of nitrogens with one attached hydrogen (secondary N) is 1. The average Bonchev–Trinajstić information content (AvgIpc) is 2.83. The van der Waals surface area contributed by atoms with Crippen molar-refractivity contribution in [2.45, 2.75) is 11.4 Å². The lowest BCUT2D eigenvalue weighted by Crippen LogP contribution is -2.50. The monoisotopic (exact) mass is 492 g/mol. The first kappa shape index (κ1) is 25.6. The molecule has 0 saturated carbocycles. The van der Waals surface area contributed by atoms with Crippen molar-refractivity contribution >= 4 is 21.8 Å². The van der Waals surface area contributed by atoms with E-state index in [1.165, 1.54) is 51.5 Å². The number of ether oxygens (including phenoxy) is 1. The van der Waals surface area contributed by atoms with Crippen LogP contribution in [0, 0.1) is 5.82 Å². The summed E-state index contributed by atoms with van der Waals surface area (Å²) in [5.41, 5.74) is 0.983. The van der Waals surface area contributed by atoms with Crippen molar-refractivity contribution in [2.24, 2.45) is 0 Å². The second kappa shape index (κ2) is 10.9. The Morgan fingerprint density at radius 2 is 1.79 bits per heavy atom. The SMILES string of the molecule is COc1ccc(CN2CCN(C(=O)CNC(=O)c3cccc(S(=O)(=O)N(C)C)c3)CC2)cc1F. The average molecular weight is 493 g/mol. The van der Waals surface area contributed by atoms with Crippen LogP contribution in [0.4, 0.5) is 4.39 Å². The van der Waals surface area contributed by atoms with Gasteiger partial charge in [0, 0.05) is 52.4 Å². The maximum atomic E-state index is 13.9. The normalized spacial score (nSPS) is 14.8. The molecule has 2 amide bonds. The van der Waals surface area contributed by atoms with Crippen LogP contribution in [0.3, 0.4) is 0 Å². The van der Waals surface area contributed by atoms with Gasteiger partial charge in [-0.05, 0) is 35.9 Å². The van der Waals surface area contributed by atoms with Crippen LogP contribution in [-0.2, 0) is 21.4 Å². The smallest absolute Gasteiger partial charge is 0.251 e. The first-order valence-electron chi connectivity index (χ1n) is 10.7. The molecule has 1 heterocycles. The van der Waals surface area contributed by atoms with E-state index in [0.717, 1.165) is 9.87 Å². The predicted octanol–water partition coefficient (Wildman–Crippen LogP) is 1.16. The molecule has 0 radical (unpaired) electrons. The highest BCUT2D eigenvalue weighted by Gasteiger charge is 2.23. The number of carbonyl (C=O) groups is 2. The first-order valence-corrected chi connectivity index (χ1v) is 12.2. The number of hydrogen-bond acceptors (Lipinski definition) is 6. The highest BCUT2D eigenvalue weighted by molar-refractivity contribution is 7.89. The van der Waals surface area contributed by atoms with E-state index in [1.807, 2.05) is 6.07 Å². The second-order valence-corrected chi connectivity index (χ2v) is 10.3. The number of amides is 2. The number of carbonyl (C=O) groups excluding carboxylic acids is 2. The Kier molecular flexibility index (Phi) is 8.24. The van der Waals surface area contributed by atoms with Gasteiger partial charge in [-0.15, -0.1) is 0 Å². The van der Waals surface area contributed by atoms with Crippen LogP contribution in [0.2, 0.25) is 0 Å². The number of halogens is 1. The van der Waals surface area contributed by atoms with Crippen molar-refractivity contribution in [3.8, 4) is 5.75 Å². The molecule has 1 aliphatic rings. The Morgan fingerprint density at radius 1 is 1.09 bits per heavy atom. The fourth-order valence-corrected chi connectivity index (χ4v) is 4.55. The van der Waals surface area contributed by atoms with Crippen molar-refractivity contribution in [1.82, 2.24) is 19.4 Å². The minimum atomic E-state index is -3.67. The van der Waals surface area contributed by atoms with Gasteiger partial charge in [-0.3, -0.25) is 14.5 Å². The first-order chi connectivity index (χ1) is 16.1. The summed E-state index contributed by atoms with van der Waals surface area (Å²) < 4.78 is 44.4. The third-order valence-corrected chi connectivity index (χ3v) is 7.43. The molecule has 0 aliphatic carbocycles. The molecule has 0 spiro atoms. The minimum absolute atomic E-state index is 0.00402. The van der Waals surface area contributed by atoms with Gasteiger partial charge in [-0.2, -0.15) is 0 Å². The van der Waals surface area contributed by atoms with Crippen molar-refractivity contribution in [2.75, 3.05) is 53.9 Å². The number of methoxy groups -OCH3 is 1. The van der Waals surface area contributed by atoms with Crippen LogP contribution < -0.4 is 10.1 Å². The number of nitrogens with zero attached hydrogens (tertiary/aromatic N) is 3. The van der Waals surface area contributed by atoms with Gasteiger partial charge < -0.3 is 15.0 Å². The summed E-state index contributed by atoms with van der Waals surface area (Å²) in [7, 11) is 0.576. The van der Waals surface area contributed by atoms with Crippen LogP contribution in [0.5, 0.6) is 5.75 Å². The summed E-state index contributed by atoms with van der Waals surface area (Å²) in [5.74, 6) is -0.952. The Labute approximate surface area is 199 Å². The molecule has 1 N–H and O–H groups in total. The molecular formula is C23H29FN4O5S. The Hall–Kier alpha value is -3.02. The van der Waals surface area contributed by atoms with Crippen molar-refractivity contribution < 1.29 is 27.1 Å². The van der Waals surface area contributed by atoms with Gasteiger partial charge >= 0.3 is 0 Å². The summed E-state index contributed by atoms with van der Waals surface area (Å²) in [5, 5.41) is 2.57. The molecule has 0 atom stereocenters. The number of piperazine rings is 1. The minimum Gasteiger partial charge on any atom is -0.494 e. The summed E-state index contributed by atoms with van der Waals surface area (Å²) in [4.78, 5) is 28.8. The van der Waals surface area contributed by atoms with Gasteiger partial charge in [-0.1, -0.05) is 12.1 Å². The van der Waals surface area contributed by atoms with Gasteiger partial charge in [0.1, 0.15) is 0 Å². The summed E-state index contributed by atoms with van der Waals surface area (Å²) in [6, 6.07) is 10.5. The van der Waals surface area contributed by atoms with E-state index in [4.69, 9.17) is 4.74 Å². The standard InChI is InChI=1S/C23H29FN4O5S/c1-26(2)34(31,32)19-6-4-5-18(14-19)23(30)25-15-22(29)28-11-9-27(10-12-28)16-17-7-8-21(33-3)20(24)13-17/h4-8,13-14H,9-12,15-16H2,1-3H3,(H,25,30). The van der Waals surface area contributed by atoms with Crippen molar-refractivity contribution in [3.63, 3.8) is 0 Å². The topological polar surface area (TPSA) is 99.3 Å². The summed E-state index contributed by atoms with van der Waals surface area (Å²) in [6.07, 6.45) is 0. The van der Waals surface area contributed by atoms with Crippen LogP contribution in [0.15, 0.2) is 47.4 Å². The Morgan fingerprint density at radius 3 is 2.41 bits per heavy atom. The zero-order chi connectivity index (χ0) is 24.9. The van der Waals surface area contributed by atoms with E-state index in [-0.39, 0.29) is 28.7 Å². The van der Waals surface area contributed by atoms with E-state index in [0.29, 0.717) is 32.7 Å². The molecule has 11 heteroatoms. The molecule has 0 aromatic heterocycles. The molecule has 3 rings (SSSR count). The Balaban J connectivity index is 1.49. The third kappa shape index (κ3) is 6.10. The second-order valence-electron chi connectivity index (χ2n) is 8.12. The molecule has 2 aromatic carbocycles. The number of sulfonamides is 1. The highest BCUT2D eigenvalue weighted by atomic mass is 32.2. The van der Waals surface area contributed by atoms with E-state index < -0.39 is 21.7 Å². The predicted molar refractivity (Wildman–Crippen MR) is 124 cm³/mol. The lowest BCUT2D eigenvalue weighted by molar-refractivity contribution is -0.131. The summed E-state index contributed by atoms with van der Waals surface area (Å²) in [6.45, 7) is 2.60. The van der Waals surface area contributed by atoms with Gasteiger partial charge in [0.15, 0.2) is 11.6 Å². The van der Waals surface area contributed by atoms with E-state index in [2.05, 4.69) is 10.2 Å². The maximum absolute atomic E-state index is 13.9. The van der Waals surface area contributed by atoms with Gasteiger partial charge in [0.2, 0.25) is 15.9 Å². The molecule has 1 saturated heterocycles. The lowest BCUT2D eigenvalue weighted by atomic mass is 10.1. The van der Waals surface area contributed by atoms with E-state index in [1.54, 1.807) is 11.0 Å². The zero-order valence-electron chi connectivity index (χ0n) is 19.5. The van der Waals surface area contributed by atoms with Gasteiger partial charge in [0.05, 0.1) is 18.6 Å². The molecular weight excluding hydrogens is 463 g/mol. The van der Waals surface area contributed by atoms with E-state index in [9.17, 15) is 22.4 Å². The molecule has 0 bridgehead atoms. The fraction of sp³-hybridized carbons (Fsp3) is 0.391. The maximum Gasteiger partial charge on any atom is 0.251 e. The fourth-order valence-electron chi connectivity index (χ4n) is 3.60. The molecule has 34 heavy (non-hydrogen) atoms. The largest absolute Gasteiger partial charge is 0.494 e. The molecule has 184 valence electrons. The summed E-state index contributed by atoms with van der Waals surface area (Å²) >= 11 is 0. The molecule has 2 aromatic rings. The molecule has 9 nitrogen and oxygen atoms in total. The number of rotatable bonds is 8.